The van der Waals surface area contributed by atoms with Crippen LogP contribution in [0, 0.1) is 13.8 Å². The number of imide groups is 1. The Morgan fingerprint density at radius 1 is 0.895 bits per heavy atom. The van der Waals surface area contributed by atoms with E-state index >= 15 is 0 Å². The summed E-state index contributed by atoms with van der Waals surface area (Å²) >= 11 is 7.25. The number of fused-ring (bicyclic) bond motifs is 1. The summed E-state index contributed by atoms with van der Waals surface area (Å²) in [5, 5.41) is 2.24. The molecule has 0 N–H and O–H groups in total. The Morgan fingerprint density at radius 3 is 2.53 bits per heavy atom. The number of halogens is 1. The lowest BCUT2D eigenvalue weighted by Crippen LogP contribution is -2.32. The summed E-state index contributed by atoms with van der Waals surface area (Å²) in [6.45, 7) is 4.62. The quantitative estimate of drug-likeness (QED) is 0.212. The second-order valence-corrected chi connectivity index (χ2v) is 10.4. The third-order valence-electron chi connectivity index (χ3n) is 6.34. The Hall–Kier alpha value is -3.74. The predicted molar refractivity (Wildman–Crippen MR) is 154 cm³/mol. The molecule has 0 aliphatic carbocycles. The summed E-state index contributed by atoms with van der Waals surface area (Å²) in [6, 6.07) is 25.2. The molecule has 7 heteroatoms. The highest BCUT2D eigenvalue weighted by Crippen LogP contribution is 2.37. The molecule has 0 spiro atoms. The van der Waals surface area contributed by atoms with Crippen LogP contribution in [0.2, 0.25) is 5.02 Å². The number of rotatable bonds is 8. The van der Waals surface area contributed by atoms with Crippen LogP contribution >= 0.6 is 23.4 Å². The zero-order chi connectivity index (χ0) is 26.6. The number of hydrogen-bond donors (Lipinski definition) is 0. The molecular weight excluding hydrogens is 518 g/mol. The van der Waals surface area contributed by atoms with Crippen molar-refractivity contribution in [3.63, 3.8) is 0 Å². The van der Waals surface area contributed by atoms with Gasteiger partial charge in [-0.15, -0.1) is 0 Å². The van der Waals surface area contributed by atoms with E-state index in [1.165, 1.54) is 4.90 Å². The number of thioether (sulfide) groups is 1. The Kier molecular flexibility index (Phi) is 7.72. The number of nitrogens with zero attached hydrogens (tertiary/aromatic N) is 1. The van der Waals surface area contributed by atoms with Crippen LogP contribution in [0.4, 0.5) is 4.79 Å². The number of carbonyl (C=O) groups is 2. The smallest absolute Gasteiger partial charge is 0.293 e. The van der Waals surface area contributed by atoms with Crippen LogP contribution < -0.4 is 9.47 Å². The second-order valence-electron chi connectivity index (χ2n) is 9.03. The SMILES string of the molecule is Cc1ccc(C)c(OCCN2C(=O)S/C(=C\c3c(OCc4ccccc4Cl)ccc4ccccc34)C2=O)c1. The molecule has 192 valence electrons. The van der Waals surface area contributed by atoms with Crippen LogP contribution in [0.15, 0.2) is 83.8 Å². The summed E-state index contributed by atoms with van der Waals surface area (Å²) in [5.41, 5.74) is 3.69. The highest BCUT2D eigenvalue weighted by molar-refractivity contribution is 8.18. The fourth-order valence-corrected chi connectivity index (χ4v) is 5.29. The summed E-state index contributed by atoms with van der Waals surface area (Å²) in [7, 11) is 0. The fourth-order valence-electron chi connectivity index (χ4n) is 4.25. The fraction of sp³-hybridized carbons (Fsp3) is 0.161. The van der Waals surface area contributed by atoms with Crippen LogP contribution in [-0.2, 0) is 11.4 Å². The van der Waals surface area contributed by atoms with Crippen molar-refractivity contribution < 1.29 is 19.1 Å². The molecule has 1 heterocycles. The molecular formula is C31H26ClNO4S. The molecule has 2 amide bonds. The van der Waals surface area contributed by atoms with E-state index in [2.05, 4.69) is 0 Å². The predicted octanol–water partition coefficient (Wildman–Crippen LogP) is 7.80. The first-order valence-corrected chi connectivity index (χ1v) is 13.4. The number of benzene rings is 4. The Morgan fingerprint density at radius 2 is 1.68 bits per heavy atom. The standard InChI is InChI=1S/C31H26ClNO4S/c1-20-11-12-21(2)28(17-20)36-16-15-33-30(34)29(38-31(33)35)18-25-24-9-5-3-7-22(24)13-14-27(25)37-19-23-8-4-6-10-26(23)32/h3-14,17-18H,15-16,19H2,1-2H3/b29-18-. The third-order valence-corrected chi connectivity index (χ3v) is 7.61. The number of carbonyl (C=O) groups excluding carboxylic acids is 2. The second kappa shape index (κ2) is 11.3. The van der Waals surface area contributed by atoms with Gasteiger partial charge < -0.3 is 9.47 Å². The van der Waals surface area contributed by atoms with Crippen molar-refractivity contribution in [1.82, 2.24) is 4.90 Å². The summed E-state index contributed by atoms with van der Waals surface area (Å²) < 4.78 is 12.1. The summed E-state index contributed by atoms with van der Waals surface area (Å²) in [5.74, 6) is 1.02. The normalized spacial score (nSPS) is 14.5. The van der Waals surface area contributed by atoms with Crippen molar-refractivity contribution in [2.24, 2.45) is 0 Å². The van der Waals surface area contributed by atoms with Gasteiger partial charge in [-0.1, -0.05) is 72.3 Å². The Bertz CT molecular complexity index is 1570. The zero-order valence-corrected chi connectivity index (χ0v) is 22.6. The molecule has 0 saturated carbocycles. The van der Waals surface area contributed by atoms with Crippen LogP contribution in [-0.4, -0.2) is 29.2 Å². The van der Waals surface area contributed by atoms with Gasteiger partial charge in [0.2, 0.25) is 0 Å². The Labute approximate surface area is 231 Å². The number of hydrogen-bond acceptors (Lipinski definition) is 5. The average molecular weight is 544 g/mol. The molecule has 5 nitrogen and oxygen atoms in total. The minimum absolute atomic E-state index is 0.167. The average Bonchev–Trinajstić information content (AvgIpc) is 3.18. The van der Waals surface area contributed by atoms with E-state index in [1.54, 1.807) is 6.08 Å². The maximum absolute atomic E-state index is 13.3. The first-order valence-electron chi connectivity index (χ1n) is 12.2. The molecule has 0 atom stereocenters. The first-order chi connectivity index (χ1) is 18.4. The molecule has 5 rings (SSSR count). The lowest BCUT2D eigenvalue weighted by molar-refractivity contribution is -0.123. The van der Waals surface area contributed by atoms with E-state index in [9.17, 15) is 9.59 Å². The molecule has 1 aliphatic rings. The van der Waals surface area contributed by atoms with Crippen LogP contribution in [0.25, 0.3) is 16.8 Å². The molecule has 1 fully saturated rings. The first kappa shape index (κ1) is 25.9. The molecule has 38 heavy (non-hydrogen) atoms. The minimum Gasteiger partial charge on any atom is -0.491 e. The molecule has 0 unspecified atom stereocenters. The molecule has 4 aromatic rings. The van der Waals surface area contributed by atoms with Gasteiger partial charge in [0.25, 0.3) is 11.1 Å². The van der Waals surface area contributed by atoms with Gasteiger partial charge in [-0.3, -0.25) is 14.5 Å². The van der Waals surface area contributed by atoms with E-state index in [0.29, 0.717) is 15.7 Å². The van der Waals surface area contributed by atoms with Crippen molar-refractivity contribution in [2.75, 3.05) is 13.2 Å². The lowest BCUT2D eigenvalue weighted by atomic mass is 10.0. The molecule has 1 saturated heterocycles. The molecule has 0 aromatic heterocycles. The van der Waals surface area contributed by atoms with Gasteiger partial charge in [-0.05, 0) is 71.8 Å². The molecule has 0 bridgehead atoms. The zero-order valence-electron chi connectivity index (χ0n) is 21.1. The van der Waals surface area contributed by atoms with Gasteiger partial charge in [-0.25, -0.2) is 0 Å². The monoisotopic (exact) mass is 543 g/mol. The van der Waals surface area contributed by atoms with Gasteiger partial charge in [0.15, 0.2) is 0 Å². The van der Waals surface area contributed by atoms with Crippen molar-refractivity contribution in [3.05, 3.63) is 111 Å². The number of ether oxygens (including phenoxy) is 2. The number of aryl methyl sites for hydroxylation is 2. The van der Waals surface area contributed by atoms with Gasteiger partial charge in [0, 0.05) is 16.1 Å². The lowest BCUT2D eigenvalue weighted by Gasteiger charge is -2.15. The van der Waals surface area contributed by atoms with Crippen molar-refractivity contribution >= 4 is 51.4 Å². The van der Waals surface area contributed by atoms with Crippen LogP contribution in [0.1, 0.15) is 22.3 Å². The summed E-state index contributed by atoms with van der Waals surface area (Å²) in [4.78, 5) is 27.6. The van der Waals surface area contributed by atoms with Gasteiger partial charge in [0.05, 0.1) is 11.4 Å². The minimum atomic E-state index is -0.338. The van der Waals surface area contributed by atoms with E-state index in [1.807, 2.05) is 92.7 Å². The maximum atomic E-state index is 13.3. The Balaban J connectivity index is 1.38. The molecule has 0 radical (unpaired) electrons. The largest absolute Gasteiger partial charge is 0.491 e. The van der Waals surface area contributed by atoms with Crippen LogP contribution in [0.5, 0.6) is 11.5 Å². The van der Waals surface area contributed by atoms with Gasteiger partial charge in [0.1, 0.15) is 24.7 Å². The van der Waals surface area contributed by atoms with Crippen molar-refractivity contribution in [3.8, 4) is 11.5 Å². The maximum Gasteiger partial charge on any atom is 0.293 e. The van der Waals surface area contributed by atoms with Crippen molar-refractivity contribution in [2.45, 2.75) is 20.5 Å². The highest BCUT2D eigenvalue weighted by Gasteiger charge is 2.35. The van der Waals surface area contributed by atoms with E-state index in [-0.39, 0.29) is 30.9 Å². The topological polar surface area (TPSA) is 55.8 Å². The van der Waals surface area contributed by atoms with E-state index < -0.39 is 0 Å². The van der Waals surface area contributed by atoms with Gasteiger partial charge in [-0.2, -0.15) is 0 Å². The summed E-state index contributed by atoms with van der Waals surface area (Å²) in [6.07, 6.45) is 1.75. The number of amides is 2. The van der Waals surface area contributed by atoms with E-state index in [4.69, 9.17) is 21.1 Å². The van der Waals surface area contributed by atoms with Crippen LogP contribution in [0.3, 0.4) is 0 Å². The van der Waals surface area contributed by atoms with Crippen molar-refractivity contribution in [1.29, 1.82) is 0 Å². The van der Waals surface area contributed by atoms with Gasteiger partial charge >= 0.3 is 0 Å². The third kappa shape index (κ3) is 5.57. The molecule has 4 aromatic carbocycles. The van der Waals surface area contributed by atoms with E-state index in [0.717, 1.165) is 50.5 Å². The highest BCUT2D eigenvalue weighted by atomic mass is 35.5. The molecule has 1 aliphatic heterocycles.